The van der Waals surface area contributed by atoms with Gasteiger partial charge in [-0.15, -0.1) is 0 Å². The molecule has 20 heavy (non-hydrogen) atoms. The van der Waals surface area contributed by atoms with Crippen LogP contribution in [-0.4, -0.2) is 17.2 Å². The van der Waals surface area contributed by atoms with E-state index in [-0.39, 0.29) is 22.4 Å². The van der Waals surface area contributed by atoms with E-state index >= 15 is 0 Å². The molecule has 5 heteroatoms. The number of ether oxygens (including phenoxy) is 1. The lowest BCUT2D eigenvalue weighted by Crippen LogP contribution is -2.29. The van der Waals surface area contributed by atoms with Crippen molar-refractivity contribution in [3.05, 3.63) is 22.7 Å². The van der Waals surface area contributed by atoms with E-state index in [1.165, 1.54) is 12.1 Å². The first-order valence-electron chi connectivity index (χ1n) is 6.87. The molecule has 1 aliphatic carbocycles. The zero-order valence-electron chi connectivity index (χ0n) is 11.7. The summed E-state index contributed by atoms with van der Waals surface area (Å²) in [5.41, 5.74) is 5.99. The van der Waals surface area contributed by atoms with E-state index < -0.39 is 5.97 Å². The smallest absolute Gasteiger partial charge is 0.339 e. The molecule has 0 amide bonds. The van der Waals surface area contributed by atoms with Crippen LogP contribution in [0.3, 0.4) is 0 Å². The molecule has 110 valence electrons. The third kappa shape index (κ3) is 3.18. The second-order valence-electron chi connectivity index (χ2n) is 5.69. The summed E-state index contributed by atoms with van der Waals surface area (Å²) in [6.45, 7) is 4.43. The summed E-state index contributed by atoms with van der Waals surface area (Å²) in [5, 5.41) is 9.50. The van der Waals surface area contributed by atoms with Gasteiger partial charge in [0.05, 0.1) is 11.1 Å². The molecule has 3 unspecified atom stereocenters. The van der Waals surface area contributed by atoms with Crippen LogP contribution >= 0.6 is 11.6 Å². The van der Waals surface area contributed by atoms with Crippen molar-refractivity contribution in [2.45, 2.75) is 39.2 Å². The molecule has 1 aromatic rings. The van der Waals surface area contributed by atoms with Gasteiger partial charge in [-0.2, -0.15) is 0 Å². The van der Waals surface area contributed by atoms with Crippen molar-refractivity contribution in [3.8, 4) is 5.75 Å². The summed E-state index contributed by atoms with van der Waals surface area (Å²) in [6.07, 6.45) is 2.94. The van der Waals surface area contributed by atoms with Crippen molar-refractivity contribution in [2.75, 3.05) is 5.73 Å². The van der Waals surface area contributed by atoms with Crippen molar-refractivity contribution < 1.29 is 14.6 Å². The lowest BCUT2D eigenvalue weighted by molar-refractivity contribution is 0.0675. The van der Waals surface area contributed by atoms with Gasteiger partial charge < -0.3 is 15.6 Å². The van der Waals surface area contributed by atoms with Crippen molar-refractivity contribution >= 4 is 23.3 Å². The van der Waals surface area contributed by atoms with E-state index in [0.717, 1.165) is 19.3 Å². The lowest BCUT2D eigenvalue weighted by Gasteiger charge is -2.32. The molecular formula is C15H20ClNO3. The second-order valence-corrected chi connectivity index (χ2v) is 6.10. The Bertz CT molecular complexity index is 518. The number of halogens is 1. The van der Waals surface area contributed by atoms with E-state index in [4.69, 9.17) is 22.1 Å². The highest BCUT2D eigenvalue weighted by Gasteiger charge is 2.27. The predicted molar refractivity (Wildman–Crippen MR) is 79.4 cm³/mol. The Balaban J connectivity index is 2.23. The number of hydrogen-bond acceptors (Lipinski definition) is 3. The van der Waals surface area contributed by atoms with Gasteiger partial charge in [0, 0.05) is 5.69 Å². The van der Waals surface area contributed by atoms with E-state index in [1.807, 2.05) is 0 Å². The fourth-order valence-electron chi connectivity index (χ4n) is 2.66. The molecule has 0 radical (unpaired) electrons. The predicted octanol–water partition coefficient (Wildman–Crippen LogP) is 3.82. The van der Waals surface area contributed by atoms with Gasteiger partial charge >= 0.3 is 5.97 Å². The molecule has 0 heterocycles. The van der Waals surface area contributed by atoms with Gasteiger partial charge in [-0.25, -0.2) is 4.79 Å². The van der Waals surface area contributed by atoms with E-state index in [9.17, 15) is 9.90 Å². The van der Waals surface area contributed by atoms with Gasteiger partial charge in [0.25, 0.3) is 0 Å². The largest absolute Gasteiger partial charge is 0.488 e. The molecule has 0 aliphatic heterocycles. The maximum atomic E-state index is 11.3. The van der Waals surface area contributed by atoms with Crippen LogP contribution in [0.5, 0.6) is 5.75 Å². The fraction of sp³-hybridized carbons (Fsp3) is 0.533. The highest BCUT2D eigenvalue weighted by Crippen LogP contribution is 2.37. The third-order valence-corrected chi connectivity index (χ3v) is 4.41. The molecule has 3 atom stereocenters. The van der Waals surface area contributed by atoms with Gasteiger partial charge in [-0.05, 0) is 43.2 Å². The number of hydrogen-bond donors (Lipinski definition) is 2. The van der Waals surface area contributed by atoms with Gasteiger partial charge in [0.2, 0.25) is 0 Å². The summed E-state index contributed by atoms with van der Waals surface area (Å²) in [6, 6.07) is 2.91. The number of nitrogen functional groups attached to an aromatic ring is 1. The Hall–Kier alpha value is -1.42. The molecule has 0 spiro atoms. The Morgan fingerprint density at radius 1 is 1.35 bits per heavy atom. The zero-order chi connectivity index (χ0) is 14.9. The molecule has 1 aliphatic rings. The van der Waals surface area contributed by atoms with Crippen LogP contribution in [0, 0.1) is 11.8 Å². The van der Waals surface area contributed by atoms with Crippen molar-refractivity contribution in [1.29, 1.82) is 0 Å². The Labute approximate surface area is 123 Å². The molecular weight excluding hydrogens is 278 g/mol. The number of aromatic carboxylic acids is 1. The van der Waals surface area contributed by atoms with Crippen molar-refractivity contribution in [2.24, 2.45) is 11.8 Å². The lowest BCUT2D eigenvalue weighted by atomic mass is 9.80. The van der Waals surface area contributed by atoms with Crippen LogP contribution < -0.4 is 10.5 Å². The Morgan fingerprint density at radius 3 is 2.65 bits per heavy atom. The first-order valence-corrected chi connectivity index (χ1v) is 7.25. The van der Waals surface area contributed by atoms with E-state index in [1.54, 1.807) is 0 Å². The van der Waals surface area contributed by atoms with E-state index in [0.29, 0.717) is 17.5 Å². The molecule has 0 bridgehead atoms. The maximum absolute atomic E-state index is 11.3. The van der Waals surface area contributed by atoms with Crippen LogP contribution in [0.4, 0.5) is 5.69 Å². The quantitative estimate of drug-likeness (QED) is 0.832. The van der Waals surface area contributed by atoms with Crippen molar-refractivity contribution in [3.63, 3.8) is 0 Å². The number of benzene rings is 1. The number of carboxylic acids is 1. The minimum atomic E-state index is -1.08. The number of nitrogens with two attached hydrogens (primary N) is 1. The topological polar surface area (TPSA) is 72.5 Å². The van der Waals surface area contributed by atoms with Gasteiger partial charge in [0.15, 0.2) is 5.75 Å². The fourth-order valence-corrected chi connectivity index (χ4v) is 2.94. The first-order chi connectivity index (χ1) is 9.38. The number of carboxylic acid groups (broad SMARTS) is 1. The molecule has 3 N–H and O–H groups in total. The SMILES string of the molecule is CC1CCC(Oc2c(Cl)cc(N)cc2C(=O)O)CC1C. The summed E-state index contributed by atoms with van der Waals surface area (Å²) in [4.78, 5) is 11.3. The van der Waals surface area contributed by atoms with Crippen LogP contribution in [0.15, 0.2) is 12.1 Å². The Kier molecular flexibility index (Phi) is 4.43. The van der Waals surface area contributed by atoms with Crippen molar-refractivity contribution in [1.82, 2.24) is 0 Å². The van der Waals surface area contributed by atoms with Crippen LogP contribution in [0.1, 0.15) is 43.5 Å². The number of carbonyl (C=O) groups is 1. The summed E-state index contributed by atoms with van der Waals surface area (Å²) >= 11 is 6.09. The summed E-state index contributed by atoms with van der Waals surface area (Å²) in [5.74, 6) is 0.400. The van der Waals surface area contributed by atoms with Crippen LogP contribution in [0.2, 0.25) is 5.02 Å². The Morgan fingerprint density at radius 2 is 2.05 bits per heavy atom. The summed E-state index contributed by atoms with van der Waals surface area (Å²) in [7, 11) is 0. The number of anilines is 1. The monoisotopic (exact) mass is 297 g/mol. The summed E-state index contributed by atoms with van der Waals surface area (Å²) < 4.78 is 5.88. The van der Waals surface area contributed by atoms with Crippen LogP contribution in [-0.2, 0) is 0 Å². The minimum absolute atomic E-state index is 0.0143. The second kappa shape index (κ2) is 5.92. The molecule has 1 saturated carbocycles. The highest BCUT2D eigenvalue weighted by atomic mass is 35.5. The third-order valence-electron chi connectivity index (χ3n) is 4.13. The molecule has 2 rings (SSSR count). The van der Waals surface area contributed by atoms with Gasteiger partial charge in [0.1, 0.15) is 5.56 Å². The molecule has 4 nitrogen and oxygen atoms in total. The molecule has 1 aromatic carbocycles. The number of rotatable bonds is 3. The minimum Gasteiger partial charge on any atom is -0.488 e. The average molecular weight is 298 g/mol. The zero-order valence-corrected chi connectivity index (χ0v) is 12.5. The standard InChI is InChI=1S/C15H20ClNO3/c1-8-3-4-11(5-9(8)2)20-14-12(15(18)19)6-10(17)7-13(14)16/h6-9,11H,3-5,17H2,1-2H3,(H,18,19). The molecule has 0 aromatic heterocycles. The average Bonchev–Trinajstić information content (AvgIpc) is 2.36. The van der Waals surface area contributed by atoms with E-state index in [2.05, 4.69) is 13.8 Å². The van der Waals surface area contributed by atoms with Crippen LogP contribution in [0.25, 0.3) is 0 Å². The maximum Gasteiger partial charge on any atom is 0.339 e. The highest BCUT2D eigenvalue weighted by molar-refractivity contribution is 6.33. The molecule has 1 fully saturated rings. The van der Waals surface area contributed by atoms with Gasteiger partial charge in [-0.1, -0.05) is 25.4 Å². The normalized spacial score (nSPS) is 26.2. The van der Waals surface area contributed by atoms with Gasteiger partial charge in [-0.3, -0.25) is 0 Å². The molecule has 0 saturated heterocycles. The first kappa shape index (κ1) is 15.0.